The summed E-state index contributed by atoms with van der Waals surface area (Å²) in [6, 6.07) is 0.553. The zero-order valence-corrected chi connectivity index (χ0v) is 13.9. The summed E-state index contributed by atoms with van der Waals surface area (Å²) >= 11 is 0. The minimum absolute atomic E-state index is 0.215. The number of rotatable bonds is 3. The number of imidazole rings is 1. The van der Waals surface area contributed by atoms with Crippen LogP contribution >= 0.6 is 0 Å². The molecule has 0 aromatic carbocycles. The average Bonchev–Trinajstić information content (AvgIpc) is 2.71. The van der Waals surface area contributed by atoms with Crippen molar-refractivity contribution in [2.75, 3.05) is 19.6 Å². The summed E-state index contributed by atoms with van der Waals surface area (Å²) in [6.07, 6.45) is 4.93. The van der Waals surface area contributed by atoms with Gasteiger partial charge in [0, 0.05) is 57.1 Å². The van der Waals surface area contributed by atoms with Gasteiger partial charge < -0.3 is 9.88 Å². The van der Waals surface area contributed by atoms with Gasteiger partial charge in [0.05, 0.1) is 0 Å². The molecule has 1 aromatic rings. The molecule has 1 atom stereocenters. The maximum Gasteiger partial charge on any atom is 0.109 e. The van der Waals surface area contributed by atoms with E-state index in [0.29, 0.717) is 11.5 Å². The number of hydrogen-bond donors (Lipinski definition) is 1. The van der Waals surface area contributed by atoms with Gasteiger partial charge >= 0.3 is 0 Å². The first-order valence-corrected chi connectivity index (χ1v) is 7.65. The highest BCUT2D eigenvalue weighted by molar-refractivity contribution is 4.99. The topological polar surface area (TPSA) is 33.1 Å². The molecule has 1 fully saturated rings. The Morgan fingerprint density at radius 2 is 2.10 bits per heavy atom. The predicted molar refractivity (Wildman–Crippen MR) is 83.8 cm³/mol. The third-order valence-electron chi connectivity index (χ3n) is 4.61. The van der Waals surface area contributed by atoms with E-state index in [-0.39, 0.29) is 5.54 Å². The molecule has 20 heavy (non-hydrogen) atoms. The first-order chi connectivity index (χ1) is 9.20. The van der Waals surface area contributed by atoms with Crippen LogP contribution in [0, 0.1) is 5.41 Å². The second-order valence-corrected chi connectivity index (χ2v) is 7.76. The van der Waals surface area contributed by atoms with Crippen molar-refractivity contribution in [3.05, 3.63) is 18.2 Å². The molecule has 1 N–H and O–H groups in total. The van der Waals surface area contributed by atoms with Gasteiger partial charge in [-0.25, -0.2) is 4.98 Å². The van der Waals surface area contributed by atoms with E-state index in [4.69, 9.17) is 0 Å². The van der Waals surface area contributed by atoms with E-state index in [2.05, 4.69) is 61.4 Å². The standard InChI is InChI=1S/C16H30N4/c1-15(2,3)13-11-20(16(4,5)12-18-13)9-7-14-17-8-10-19(14)6/h8,10,13,18H,7,9,11-12H2,1-6H3. The molecule has 0 bridgehead atoms. The molecule has 0 aliphatic carbocycles. The first kappa shape index (κ1) is 15.5. The van der Waals surface area contributed by atoms with Gasteiger partial charge in [0.1, 0.15) is 5.82 Å². The van der Waals surface area contributed by atoms with E-state index in [1.54, 1.807) is 0 Å². The van der Waals surface area contributed by atoms with Crippen molar-refractivity contribution >= 4 is 0 Å². The molecular formula is C16H30N4. The lowest BCUT2D eigenvalue weighted by Gasteiger charge is -2.49. The van der Waals surface area contributed by atoms with Crippen LogP contribution in [-0.4, -0.2) is 45.7 Å². The zero-order valence-electron chi connectivity index (χ0n) is 13.9. The maximum absolute atomic E-state index is 4.44. The number of nitrogens with one attached hydrogen (secondary N) is 1. The third kappa shape index (κ3) is 3.41. The molecule has 2 heterocycles. The summed E-state index contributed by atoms with van der Waals surface area (Å²) in [5, 5.41) is 3.72. The molecule has 114 valence electrons. The molecule has 1 aliphatic heterocycles. The molecule has 1 aliphatic rings. The quantitative estimate of drug-likeness (QED) is 0.919. The van der Waals surface area contributed by atoms with E-state index in [9.17, 15) is 0 Å². The fraction of sp³-hybridized carbons (Fsp3) is 0.812. The van der Waals surface area contributed by atoms with Crippen molar-refractivity contribution in [2.45, 2.75) is 52.6 Å². The number of nitrogens with zero attached hydrogens (tertiary/aromatic N) is 3. The average molecular weight is 278 g/mol. The van der Waals surface area contributed by atoms with Crippen LogP contribution in [0.4, 0.5) is 0 Å². The SMILES string of the molecule is Cn1ccnc1CCN1CC(C(C)(C)C)NCC1(C)C. The lowest BCUT2D eigenvalue weighted by atomic mass is 9.83. The Morgan fingerprint density at radius 3 is 2.65 bits per heavy atom. The Hall–Kier alpha value is -0.870. The Kier molecular flexibility index (Phi) is 4.26. The molecule has 1 unspecified atom stereocenters. The van der Waals surface area contributed by atoms with E-state index >= 15 is 0 Å². The number of piperazine rings is 1. The van der Waals surface area contributed by atoms with Gasteiger partial charge in [-0.1, -0.05) is 20.8 Å². The van der Waals surface area contributed by atoms with Gasteiger partial charge in [0.15, 0.2) is 0 Å². The number of aromatic nitrogens is 2. The van der Waals surface area contributed by atoms with Crippen molar-refractivity contribution in [1.29, 1.82) is 0 Å². The van der Waals surface area contributed by atoms with Gasteiger partial charge in [-0.15, -0.1) is 0 Å². The minimum Gasteiger partial charge on any atom is -0.338 e. The van der Waals surface area contributed by atoms with E-state index in [1.807, 2.05) is 12.4 Å². The monoisotopic (exact) mass is 278 g/mol. The van der Waals surface area contributed by atoms with Gasteiger partial charge in [0.25, 0.3) is 0 Å². The van der Waals surface area contributed by atoms with Crippen LogP contribution in [0.2, 0.25) is 0 Å². The molecule has 4 heteroatoms. The van der Waals surface area contributed by atoms with Crippen molar-refractivity contribution in [3.63, 3.8) is 0 Å². The number of hydrogen-bond acceptors (Lipinski definition) is 3. The summed E-state index contributed by atoms with van der Waals surface area (Å²) in [5.41, 5.74) is 0.519. The molecule has 0 amide bonds. The van der Waals surface area contributed by atoms with Gasteiger partial charge in [-0.05, 0) is 19.3 Å². The van der Waals surface area contributed by atoms with Gasteiger partial charge in [-0.3, -0.25) is 4.90 Å². The van der Waals surface area contributed by atoms with Crippen LogP contribution < -0.4 is 5.32 Å². The zero-order chi connectivity index (χ0) is 15.0. The largest absolute Gasteiger partial charge is 0.338 e. The van der Waals surface area contributed by atoms with Gasteiger partial charge in [-0.2, -0.15) is 0 Å². The lowest BCUT2D eigenvalue weighted by Crippen LogP contribution is -2.65. The highest BCUT2D eigenvalue weighted by atomic mass is 15.3. The van der Waals surface area contributed by atoms with Crippen LogP contribution in [0.1, 0.15) is 40.4 Å². The van der Waals surface area contributed by atoms with Crippen LogP contribution in [0.25, 0.3) is 0 Å². The van der Waals surface area contributed by atoms with Crippen LogP contribution in [0.15, 0.2) is 12.4 Å². The molecule has 0 saturated carbocycles. The Balaban J connectivity index is 2.01. The molecule has 1 saturated heterocycles. The lowest BCUT2D eigenvalue weighted by molar-refractivity contribution is 0.0365. The van der Waals surface area contributed by atoms with Crippen molar-refractivity contribution in [3.8, 4) is 0 Å². The summed E-state index contributed by atoms with van der Waals surface area (Å²) < 4.78 is 2.12. The van der Waals surface area contributed by atoms with Crippen molar-refractivity contribution < 1.29 is 0 Å². The maximum atomic E-state index is 4.44. The summed E-state index contributed by atoms with van der Waals surface area (Å²) in [6.45, 7) is 14.9. The Labute approximate surface area is 123 Å². The van der Waals surface area contributed by atoms with Crippen molar-refractivity contribution in [2.24, 2.45) is 12.5 Å². The summed E-state index contributed by atoms with van der Waals surface area (Å²) in [5.74, 6) is 1.17. The van der Waals surface area contributed by atoms with E-state index in [1.165, 1.54) is 5.82 Å². The fourth-order valence-corrected chi connectivity index (χ4v) is 2.86. The minimum atomic E-state index is 0.215. The predicted octanol–water partition coefficient (Wildman–Crippen LogP) is 2.06. The Morgan fingerprint density at radius 1 is 1.40 bits per heavy atom. The smallest absolute Gasteiger partial charge is 0.109 e. The summed E-state index contributed by atoms with van der Waals surface area (Å²) in [7, 11) is 2.07. The van der Waals surface area contributed by atoms with Gasteiger partial charge in [0.2, 0.25) is 0 Å². The highest BCUT2D eigenvalue weighted by Crippen LogP contribution is 2.27. The van der Waals surface area contributed by atoms with Crippen molar-refractivity contribution in [1.82, 2.24) is 19.8 Å². The Bertz CT molecular complexity index is 442. The molecule has 4 nitrogen and oxygen atoms in total. The van der Waals surface area contributed by atoms with Crippen LogP contribution in [-0.2, 0) is 13.5 Å². The molecule has 0 spiro atoms. The second kappa shape index (κ2) is 5.49. The van der Waals surface area contributed by atoms with E-state index < -0.39 is 0 Å². The third-order valence-corrected chi connectivity index (χ3v) is 4.61. The second-order valence-electron chi connectivity index (χ2n) is 7.76. The van der Waals surface area contributed by atoms with Crippen LogP contribution in [0.5, 0.6) is 0 Å². The molecule has 0 radical (unpaired) electrons. The summed E-state index contributed by atoms with van der Waals surface area (Å²) in [4.78, 5) is 7.06. The normalized spacial score (nSPS) is 24.0. The number of aryl methyl sites for hydroxylation is 1. The molecule has 2 rings (SSSR count). The highest BCUT2D eigenvalue weighted by Gasteiger charge is 2.37. The van der Waals surface area contributed by atoms with Crippen LogP contribution in [0.3, 0.4) is 0 Å². The fourth-order valence-electron chi connectivity index (χ4n) is 2.86. The van der Waals surface area contributed by atoms with E-state index in [0.717, 1.165) is 26.1 Å². The molecule has 1 aromatic heterocycles. The first-order valence-electron chi connectivity index (χ1n) is 7.65. The molecular weight excluding hydrogens is 248 g/mol.